The fraction of sp³-hybridized carbons (Fsp3) is 0.182. The molecule has 1 aromatic rings. The minimum absolute atomic E-state index is 0.943. The van der Waals surface area contributed by atoms with E-state index in [4.69, 9.17) is 0 Å². The summed E-state index contributed by atoms with van der Waals surface area (Å²) in [6, 6.07) is 8.55. The van der Waals surface area contributed by atoms with Crippen LogP contribution in [0.15, 0.2) is 41.8 Å². The molecule has 0 N–H and O–H groups in total. The van der Waals surface area contributed by atoms with Crippen LogP contribution < -0.4 is 0 Å². The lowest BCUT2D eigenvalue weighted by Crippen LogP contribution is -1.79. The SMILES string of the molecule is C=CC[CH]c1ccc(SC)cc1. The molecule has 0 saturated carbocycles. The van der Waals surface area contributed by atoms with Gasteiger partial charge in [-0.3, -0.25) is 0 Å². The molecule has 1 aromatic carbocycles. The van der Waals surface area contributed by atoms with Gasteiger partial charge in [0.15, 0.2) is 0 Å². The van der Waals surface area contributed by atoms with Crippen molar-refractivity contribution in [3.8, 4) is 0 Å². The fourth-order valence-corrected chi connectivity index (χ4v) is 1.37. The first-order valence-electron chi connectivity index (χ1n) is 3.95. The maximum Gasteiger partial charge on any atom is 0.00693 e. The maximum absolute atomic E-state index is 3.67. The molecule has 0 spiro atoms. The average Bonchev–Trinajstić information content (AvgIpc) is 2.15. The highest BCUT2D eigenvalue weighted by molar-refractivity contribution is 7.98. The Morgan fingerprint density at radius 3 is 2.50 bits per heavy atom. The number of hydrogen-bond acceptors (Lipinski definition) is 1. The molecule has 0 aromatic heterocycles. The molecule has 63 valence electrons. The second-order valence-corrected chi connectivity index (χ2v) is 3.38. The lowest BCUT2D eigenvalue weighted by Gasteiger charge is -1.99. The number of benzene rings is 1. The van der Waals surface area contributed by atoms with Gasteiger partial charge in [-0.2, -0.15) is 0 Å². The Hall–Kier alpha value is -0.690. The number of rotatable bonds is 4. The van der Waals surface area contributed by atoms with E-state index < -0.39 is 0 Å². The third-order valence-corrected chi connectivity index (χ3v) is 2.38. The van der Waals surface area contributed by atoms with E-state index in [0.29, 0.717) is 0 Å². The zero-order chi connectivity index (χ0) is 8.81. The van der Waals surface area contributed by atoms with E-state index in [9.17, 15) is 0 Å². The molecule has 0 atom stereocenters. The van der Waals surface area contributed by atoms with E-state index in [1.165, 1.54) is 10.5 Å². The standard InChI is InChI=1S/C11H13S/c1-3-4-5-10-6-8-11(12-2)9-7-10/h3,5-9H,1,4H2,2H3. The highest BCUT2D eigenvalue weighted by Crippen LogP contribution is 2.16. The molecule has 0 bridgehead atoms. The van der Waals surface area contributed by atoms with Crippen LogP contribution in [-0.2, 0) is 0 Å². The fourth-order valence-electron chi connectivity index (χ4n) is 0.959. The topological polar surface area (TPSA) is 0 Å². The Morgan fingerprint density at radius 1 is 1.33 bits per heavy atom. The van der Waals surface area contributed by atoms with Crippen molar-refractivity contribution < 1.29 is 0 Å². The molecule has 0 aliphatic heterocycles. The first-order chi connectivity index (χ1) is 5.86. The monoisotopic (exact) mass is 177 g/mol. The van der Waals surface area contributed by atoms with E-state index >= 15 is 0 Å². The van der Waals surface area contributed by atoms with Crippen molar-refractivity contribution in [2.75, 3.05) is 6.26 Å². The molecule has 0 nitrogen and oxygen atoms in total. The highest BCUT2D eigenvalue weighted by atomic mass is 32.2. The van der Waals surface area contributed by atoms with Crippen LogP contribution >= 0.6 is 11.8 Å². The van der Waals surface area contributed by atoms with Crippen LogP contribution in [0.2, 0.25) is 0 Å². The minimum Gasteiger partial charge on any atom is -0.130 e. The number of hydrogen-bond donors (Lipinski definition) is 0. The second-order valence-electron chi connectivity index (χ2n) is 2.50. The molecular weight excluding hydrogens is 164 g/mol. The van der Waals surface area contributed by atoms with Crippen molar-refractivity contribution in [2.24, 2.45) is 0 Å². The van der Waals surface area contributed by atoms with Gasteiger partial charge in [0.1, 0.15) is 0 Å². The summed E-state index contributed by atoms with van der Waals surface area (Å²) in [5.74, 6) is 0. The van der Waals surface area contributed by atoms with Gasteiger partial charge < -0.3 is 0 Å². The van der Waals surface area contributed by atoms with Gasteiger partial charge in [-0.25, -0.2) is 0 Å². The summed E-state index contributed by atoms with van der Waals surface area (Å²) in [5, 5.41) is 0. The Morgan fingerprint density at radius 2 is 2.00 bits per heavy atom. The molecular formula is C11H13S. The number of thioether (sulfide) groups is 1. The predicted molar refractivity (Wildman–Crippen MR) is 56.4 cm³/mol. The van der Waals surface area contributed by atoms with Crippen molar-refractivity contribution in [3.63, 3.8) is 0 Å². The van der Waals surface area contributed by atoms with Crippen LogP contribution in [0.5, 0.6) is 0 Å². The van der Waals surface area contributed by atoms with Crippen LogP contribution in [-0.4, -0.2) is 6.26 Å². The van der Waals surface area contributed by atoms with Gasteiger partial charge >= 0.3 is 0 Å². The Labute approximate surface area is 78.7 Å². The molecule has 0 amide bonds. The summed E-state index contributed by atoms with van der Waals surface area (Å²) in [6.07, 6.45) is 7.10. The minimum atomic E-state index is 0.943. The van der Waals surface area contributed by atoms with Gasteiger partial charge in [0, 0.05) is 4.90 Å². The zero-order valence-corrected chi connectivity index (χ0v) is 8.10. The third kappa shape index (κ3) is 2.74. The maximum atomic E-state index is 3.67. The Bertz CT molecular complexity index is 236. The first kappa shape index (κ1) is 9.40. The lowest BCUT2D eigenvalue weighted by molar-refractivity contribution is 1.24. The van der Waals surface area contributed by atoms with Crippen molar-refractivity contribution in [2.45, 2.75) is 11.3 Å². The summed E-state index contributed by atoms with van der Waals surface area (Å²) in [6.45, 7) is 3.67. The van der Waals surface area contributed by atoms with Gasteiger partial charge in [0.2, 0.25) is 0 Å². The molecule has 1 heteroatoms. The van der Waals surface area contributed by atoms with Crippen LogP contribution in [0, 0.1) is 6.42 Å². The molecule has 1 radical (unpaired) electrons. The molecule has 12 heavy (non-hydrogen) atoms. The lowest BCUT2D eigenvalue weighted by atomic mass is 10.1. The summed E-state index contributed by atoms with van der Waals surface area (Å²) in [7, 11) is 0. The van der Waals surface area contributed by atoms with Crippen molar-refractivity contribution >= 4 is 11.8 Å². The van der Waals surface area contributed by atoms with Gasteiger partial charge in [-0.15, -0.1) is 18.3 Å². The highest BCUT2D eigenvalue weighted by Gasteiger charge is 1.91. The van der Waals surface area contributed by atoms with E-state index in [-0.39, 0.29) is 0 Å². The average molecular weight is 177 g/mol. The first-order valence-corrected chi connectivity index (χ1v) is 5.17. The van der Waals surface area contributed by atoms with E-state index in [1.807, 2.05) is 6.08 Å². The van der Waals surface area contributed by atoms with Crippen LogP contribution in [0.1, 0.15) is 12.0 Å². The Balaban J connectivity index is 2.58. The van der Waals surface area contributed by atoms with E-state index in [0.717, 1.165) is 6.42 Å². The summed E-state index contributed by atoms with van der Waals surface area (Å²) < 4.78 is 0. The molecule has 0 heterocycles. The molecule has 0 aliphatic rings. The molecule has 0 aliphatic carbocycles. The summed E-state index contributed by atoms with van der Waals surface area (Å²) in [4.78, 5) is 1.31. The van der Waals surface area contributed by atoms with Gasteiger partial charge in [-0.05, 0) is 36.8 Å². The normalized spacial score (nSPS) is 9.75. The van der Waals surface area contributed by atoms with Gasteiger partial charge in [-0.1, -0.05) is 18.2 Å². The second kappa shape index (κ2) is 5.04. The van der Waals surface area contributed by atoms with Crippen molar-refractivity contribution in [3.05, 3.63) is 48.9 Å². The molecule has 0 fully saturated rings. The van der Waals surface area contributed by atoms with Gasteiger partial charge in [0.25, 0.3) is 0 Å². The van der Waals surface area contributed by atoms with Crippen molar-refractivity contribution in [1.29, 1.82) is 0 Å². The summed E-state index contributed by atoms with van der Waals surface area (Å²) >= 11 is 1.77. The van der Waals surface area contributed by atoms with Crippen LogP contribution in [0.3, 0.4) is 0 Å². The van der Waals surface area contributed by atoms with Crippen LogP contribution in [0.4, 0.5) is 0 Å². The van der Waals surface area contributed by atoms with Crippen molar-refractivity contribution in [1.82, 2.24) is 0 Å². The zero-order valence-electron chi connectivity index (χ0n) is 7.29. The largest absolute Gasteiger partial charge is 0.130 e. The van der Waals surface area contributed by atoms with E-state index in [2.05, 4.69) is 43.5 Å². The molecule has 1 rings (SSSR count). The van der Waals surface area contributed by atoms with E-state index in [1.54, 1.807) is 11.8 Å². The van der Waals surface area contributed by atoms with Crippen LogP contribution in [0.25, 0.3) is 0 Å². The predicted octanol–water partition coefficient (Wildman–Crippen LogP) is 3.54. The summed E-state index contributed by atoms with van der Waals surface area (Å²) in [5.41, 5.74) is 1.27. The smallest absolute Gasteiger partial charge is 0.00693 e. The van der Waals surface area contributed by atoms with Gasteiger partial charge in [0.05, 0.1) is 0 Å². The Kier molecular flexibility index (Phi) is 3.95. The third-order valence-electron chi connectivity index (χ3n) is 1.64. The molecule has 0 unspecified atom stereocenters. The number of allylic oxidation sites excluding steroid dienone is 1. The quantitative estimate of drug-likeness (QED) is 0.501. The molecule has 0 saturated heterocycles.